The zero-order valence-corrected chi connectivity index (χ0v) is 19.5. The highest BCUT2D eigenvalue weighted by Crippen LogP contribution is 2.60. The SMILES string of the molecule is O=C(NC(=S)Nc1ccc(-n2nncc2-c2ccc(F)cc2)cc1)C12CC3CC(CC(C3)C1)C2. The summed E-state index contributed by atoms with van der Waals surface area (Å²) in [5.74, 6) is 1.93. The molecule has 1 aromatic heterocycles. The number of carbonyl (C=O) groups excluding carboxylic acids is 1. The van der Waals surface area contributed by atoms with Crippen molar-refractivity contribution >= 4 is 28.9 Å². The summed E-state index contributed by atoms with van der Waals surface area (Å²) in [7, 11) is 0. The number of benzene rings is 2. The van der Waals surface area contributed by atoms with Crippen molar-refractivity contribution in [1.82, 2.24) is 20.3 Å². The van der Waals surface area contributed by atoms with Crippen molar-refractivity contribution in [2.45, 2.75) is 38.5 Å². The molecule has 174 valence electrons. The summed E-state index contributed by atoms with van der Waals surface area (Å²) >= 11 is 5.47. The first kappa shape index (κ1) is 21.4. The summed E-state index contributed by atoms with van der Waals surface area (Å²) in [6.45, 7) is 0. The van der Waals surface area contributed by atoms with Crippen molar-refractivity contribution in [3.05, 3.63) is 60.5 Å². The Hall–Kier alpha value is -3.13. The van der Waals surface area contributed by atoms with Gasteiger partial charge in [-0.05, 0) is 117 Å². The van der Waals surface area contributed by atoms with E-state index in [0.29, 0.717) is 22.9 Å². The van der Waals surface area contributed by atoms with Gasteiger partial charge in [0.2, 0.25) is 5.91 Å². The van der Waals surface area contributed by atoms with Crippen LogP contribution >= 0.6 is 12.2 Å². The molecular formula is C26H26FN5OS. The van der Waals surface area contributed by atoms with Crippen LogP contribution < -0.4 is 10.6 Å². The maximum absolute atomic E-state index is 13.3. The molecular weight excluding hydrogens is 449 g/mol. The van der Waals surface area contributed by atoms with Gasteiger partial charge >= 0.3 is 0 Å². The molecule has 34 heavy (non-hydrogen) atoms. The molecule has 3 aromatic rings. The van der Waals surface area contributed by atoms with E-state index in [-0.39, 0.29) is 17.1 Å². The summed E-state index contributed by atoms with van der Waals surface area (Å²) in [6.07, 6.45) is 8.58. The third kappa shape index (κ3) is 3.90. The van der Waals surface area contributed by atoms with Crippen LogP contribution in [0.1, 0.15) is 38.5 Å². The van der Waals surface area contributed by atoms with Gasteiger partial charge < -0.3 is 10.6 Å². The topological polar surface area (TPSA) is 71.8 Å². The number of hydrogen-bond donors (Lipinski definition) is 2. The molecule has 0 atom stereocenters. The highest BCUT2D eigenvalue weighted by Gasteiger charge is 2.54. The molecule has 7 rings (SSSR count). The van der Waals surface area contributed by atoms with E-state index in [0.717, 1.165) is 41.9 Å². The van der Waals surface area contributed by atoms with Gasteiger partial charge in [0.05, 0.1) is 23.0 Å². The number of amides is 1. The fourth-order valence-corrected chi connectivity index (χ4v) is 6.93. The Balaban J connectivity index is 1.12. The van der Waals surface area contributed by atoms with Crippen molar-refractivity contribution < 1.29 is 9.18 Å². The van der Waals surface area contributed by atoms with Crippen LogP contribution in [0.5, 0.6) is 0 Å². The Morgan fingerprint density at radius 3 is 2.21 bits per heavy atom. The smallest absolute Gasteiger partial charge is 0.232 e. The molecule has 2 N–H and O–H groups in total. The lowest BCUT2D eigenvalue weighted by atomic mass is 9.49. The number of thiocarbonyl (C=S) groups is 1. The molecule has 4 aliphatic rings. The summed E-state index contributed by atoms with van der Waals surface area (Å²) in [5, 5.41) is 14.7. The number of aromatic nitrogens is 3. The maximum Gasteiger partial charge on any atom is 0.232 e. The quantitative estimate of drug-likeness (QED) is 0.514. The monoisotopic (exact) mass is 475 g/mol. The van der Waals surface area contributed by atoms with Gasteiger partial charge in [0, 0.05) is 11.3 Å². The van der Waals surface area contributed by atoms with Crippen molar-refractivity contribution in [1.29, 1.82) is 0 Å². The lowest BCUT2D eigenvalue weighted by molar-refractivity contribution is -0.144. The summed E-state index contributed by atoms with van der Waals surface area (Å²) in [5.41, 5.74) is 2.95. The fraction of sp³-hybridized carbons (Fsp3) is 0.385. The summed E-state index contributed by atoms with van der Waals surface area (Å²) in [4.78, 5) is 13.2. The molecule has 1 heterocycles. The maximum atomic E-state index is 13.3. The molecule has 2 aromatic carbocycles. The minimum Gasteiger partial charge on any atom is -0.332 e. The number of nitrogens with one attached hydrogen (secondary N) is 2. The zero-order chi connectivity index (χ0) is 23.3. The average molecular weight is 476 g/mol. The lowest BCUT2D eigenvalue weighted by Gasteiger charge is -2.55. The van der Waals surface area contributed by atoms with Crippen LogP contribution in [0.4, 0.5) is 10.1 Å². The van der Waals surface area contributed by atoms with E-state index in [2.05, 4.69) is 20.9 Å². The molecule has 0 unspecified atom stereocenters. The van der Waals surface area contributed by atoms with Gasteiger partial charge in [0.25, 0.3) is 0 Å². The third-order valence-corrected chi connectivity index (χ3v) is 8.01. The second kappa shape index (κ2) is 8.27. The molecule has 4 fully saturated rings. The van der Waals surface area contributed by atoms with Crippen LogP contribution in [-0.4, -0.2) is 26.0 Å². The Bertz CT molecular complexity index is 1200. The second-order valence-electron chi connectivity index (χ2n) is 10.2. The number of anilines is 1. The van der Waals surface area contributed by atoms with Crippen LogP contribution in [0.3, 0.4) is 0 Å². The molecule has 1 amide bonds. The Morgan fingerprint density at radius 1 is 0.971 bits per heavy atom. The molecule has 0 saturated heterocycles. The lowest BCUT2D eigenvalue weighted by Crippen LogP contribution is -2.55. The minimum absolute atomic E-state index is 0.0901. The highest BCUT2D eigenvalue weighted by molar-refractivity contribution is 7.80. The molecule has 0 radical (unpaired) electrons. The van der Waals surface area contributed by atoms with Crippen LogP contribution in [0, 0.1) is 29.0 Å². The molecule has 8 heteroatoms. The number of nitrogens with zero attached hydrogens (tertiary/aromatic N) is 3. The molecule has 4 saturated carbocycles. The summed E-state index contributed by atoms with van der Waals surface area (Å²) in [6, 6.07) is 13.8. The van der Waals surface area contributed by atoms with E-state index in [1.165, 1.54) is 31.4 Å². The first-order chi connectivity index (χ1) is 16.5. The van der Waals surface area contributed by atoms with Gasteiger partial charge in [0.15, 0.2) is 5.11 Å². The Labute approximate surface area is 202 Å². The molecule has 4 bridgehead atoms. The highest BCUT2D eigenvalue weighted by atomic mass is 32.1. The first-order valence-corrected chi connectivity index (χ1v) is 12.3. The molecule has 0 aliphatic heterocycles. The fourth-order valence-electron chi connectivity index (χ4n) is 6.72. The van der Waals surface area contributed by atoms with Gasteiger partial charge in [-0.25, -0.2) is 9.07 Å². The van der Waals surface area contributed by atoms with Gasteiger partial charge in [-0.1, -0.05) is 5.21 Å². The van der Waals surface area contributed by atoms with Crippen LogP contribution in [0.15, 0.2) is 54.7 Å². The zero-order valence-electron chi connectivity index (χ0n) is 18.7. The number of hydrogen-bond acceptors (Lipinski definition) is 4. The second-order valence-corrected chi connectivity index (χ2v) is 10.6. The number of rotatable bonds is 4. The normalized spacial score (nSPS) is 26.9. The standard InChI is InChI=1S/C26H26FN5OS/c27-20-3-1-19(2-4-20)23-15-28-31-32(23)22-7-5-21(6-8-22)29-25(34)30-24(33)26-12-16-9-17(13-26)11-18(10-16)14-26/h1-8,15-18H,9-14H2,(H2,29,30,33,34). The van der Waals surface area contributed by atoms with Crippen LogP contribution in [0.25, 0.3) is 16.9 Å². The third-order valence-electron chi connectivity index (χ3n) is 7.81. The Morgan fingerprint density at radius 2 is 1.59 bits per heavy atom. The van der Waals surface area contributed by atoms with E-state index in [1.54, 1.807) is 23.0 Å². The van der Waals surface area contributed by atoms with Crippen LogP contribution in [0.2, 0.25) is 0 Å². The molecule has 6 nitrogen and oxygen atoms in total. The van der Waals surface area contributed by atoms with Gasteiger partial charge in [-0.3, -0.25) is 4.79 Å². The van der Waals surface area contributed by atoms with Crippen molar-refractivity contribution in [3.63, 3.8) is 0 Å². The van der Waals surface area contributed by atoms with E-state index in [4.69, 9.17) is 12.2 Å². The van der Waals surface area contributed by atoms with Gasteiger partial charge in [-0.2, -0.15) is 0 Å². The summed E-state index contributed by atoms with van der Waals surface area (Å²) < 4.78 is 15.0. The first-order valence-electron chi connectivity index (χ1n) is 11.9. The average Bonchev–Trinajstić information content (AvgIpc) is 3.29. The van der Waals surface area contributed by atoms with Crippen LogP contribution in [-0.2, 0) is 4.79 Å². The predicted molar refractivity (Wildman–Crippen MR) is 132 cm³/mol. The van der Waals surface area contributed by atoms with Crippen molar-refractivity contribution in [2.75, 3.05) is 5.32 Å². The minimum atomic E-state index is -0.288. The Kier molecular flexibility index (Phi) is 5.21. The molecule has 0 spiro atoms. The van der Waals surface area contributed by atoms with E-state index < -0.39 is 0 Å². The number of carbonyl (C=O) groups is 1. The van der Waals surface area contributed by atoms with Crippen molar-refractivity contribution in [2.24, 2.45) is 23.2 Å². The van der Waals surface area contributed by atoms with Crippen molar-refractivity contribution in [3.8, 4) is 16.9 Å². The number of halogens is 1. The molecule has 4 aliphatic carbocycles. The van der Waals surface area contributed by atoms with Gasteiger partial charge in [0.1, 0.15) is 5.82 Å². The van der Waals surface area contributed by atoms with Gasteiger partial charge in [-0.15, -0.1) is 5.10 Å². The van der Waals surface area contributed by atoms with E-state index in [1.807, 2.05) is 24.3 Å². The largest absolute Gasteiger partial charge is 0.332 e. The van der Waals surface area contributed by atoms with E-state index in [9.17, 15) is 9.18 Å². The van der Waals surface area contributed by atoms with E-state index >= 15 is 0 Å². The predicted octanol–water partition coefficient (Wildman–Crippen LogP) is 5.10.